The predicted octanol–water partition coefficient (Wildman–Crippen LogP) is 2.39. The highest BCUT2D eigenvalue weighted by molar-refractivity contribution is 6.25. The number of aliphatic hydroxyl groups is 4. The summed E-state index contributed by atoms with van der Waals surface area (Å²) in [6.07, 6.45) is -5.32. The summed E-state index contributed by atoms with van der Waals surface area (Å²) in [7, 11) is 0. The van der Waals surface area contributed by atoms with Crippen molar-refractivity contribution in [3.05, 3.63) is 59.7 Å². The molecule has 4 heteroatoms. The lowest BCUT2D eigenvalue weighted by Gasteiger charge is -2.36. The Labute approximate surface area is 137 Å². The topological polar surface area (TPSA) is 80.9 Å². The highest BCUT2D eigenvalue weighted by Gasteiger charge is 2.42. The third-order valence-corrected chi connectivity index (χ3v) is 5.34. The van der Waals surface area contributed by atoms with E-state index in [1.54, 1.807) is 0 Å². The van der Waals surface area contributed by atoms with Crippen molar-refractivity contribution >= 4 is 32.3 Å². The Morgan fingerprint density at radius 1 is 0.542 bits per heavy atom. The van der Waals surface area contributed by atoms with E-state index in [2.05, 4.69) is 0 Å². The maximum Gasteiger partial charge on any atom is 0.113 e. The number of hydrogen-bond donors (Lipinski definition) is 4. The Morgan fingerprint density at radius 2 is 0.958 bits per heavy atom. The van der Waals surface area contributed by atoms with Crippen molar-refractivity contribution in [2.24, 2.45) is 0 Å². The first-order valence-corrected chi connectivity index (χ1v) is 8.01. The maximum absolute atomic E-state index is 10.6. The fourth-order valence-corrected chi connectivity index (χ4v) is 4.25. The summed E-state index contributed by atoms with van der Waals surface area (Å²) in [6.45, 7) is 0. The monoisotopic (exact) mass is 320 g/mol. The molecular formula is C20H16O4. The summed E-state index contributed by atoms with van der Waals surface area (Å²) in [4.78, 5) is 0. The molecule has 4 atom stereocenters. The number of fused-ring (bicyclic) bond motifs is 3. The highest BCUT2D eigenvalue weighted by Crippen LogP contribution is 2.47. The van der Waals surface area contributed by atoms with E-state index in [4.69, 9.17) is 0 Å². The molecule has 1 aliphatic carbocycles. The molecule has 24 heavy (non-hydrogen) atoms. The van der Waals surface area contributed by atoms with E-state index in [-0.39, 0.29) is 0 Å². The minimum atomic E-state index is -1.42. The summed E-state index contributed by atoms with van der Waals surface area (Å²) >= 11 is 0. The Bertz CT molecular complexity index is 1000. The average Bonchev–Trinajstić information content (AvgIpc) is 2.62. The van der Waals surface area contributed by atoms with Crippen LogP contribution in [0, 0.1) is 0 Å². The zero-order chi connectivity index (χ0) is 16.6. The van der Waals surface area contributed by atoms with Gasteiger partial charge in [0.15, 0.2) is 0 Å². The van der Waals surface area contributed by atoms with E-state index in [0.717, 1.165) is 32.3 Å². The zero-order valence-electron chi connectivity index (χ0n) is 12.7. The van der Waals surface area contributed by atoms with E-state index in [9.17, 15) is 20.4 Å². The maximum atomic E-state index is 10.6. The molecule has 4 nitrogen and oxygen atoms in total. The summed E-state index contributed by atoms with van der Waals surface area (Å²) < 4.78 is 0. The van der Waals surface area contributed by atoms with Crippen LogP contribution in [0.3, 0.4) is 0 Å². The lowest BCUT2D eigenvalue weighted by molar-refractivity contribution is -0.119. The lowest BCUT2D eigenvalue weighted by Crippen LogP contribution is -2.41. The average molecular weight is 320 g/mol. The van der Waals surface area contributed by atoms with Crippen LogP contribution in [-0.4, -0.2) is 32.6 Å². The first kappa shape index (κ1) is 14.1. The van der Waals surface area contributed by atoms with Gasteiger partial charge in [-0.05, 0) is 43.4 Å². The second-order valence-corrected chi connectivity index (χ2v) is 6.57. The Morgan fingerprint density at radius 3 is 1.38 bits per heavy atom. The molecule has 4 aromatic rings. The molecule has 0 saturated heterocycles. The number of aliphatic hydroxyl groups excluding tert-OH is 4. The van der Waals surface area contributed by atoms with Gasteiger partial charge in [-0.15, -0.1) is 0 Å². The van der Waals surface area contributed by atoms with Crippen LogP contribution in [0.15, 0.2) is 48.5 Å². The van der Waals surface area contributed by atoms with E-state index in [1.807, 2.05) is 48.5 Å². The van der Waals surface area contributed by atoms with Crippen LogP contribution < -0.4 is 0 Å². The molecule has 0 saturated carbocycles. The molecule has 0 aliphatic heterocycles. The lowest BCUT2D eigenvalue weighted by atomic mass is 9.76. The van der Waals surface area contributed by atoms with Crippen molar-refractivity contribution in [3.63, 3.8) is 0 Å². The Hall–Kier alpha value is -2.24. The Kier molecular flexibility index (Phi) is 2.74. The molecule has 4 N–H and O–H groups in total. The van der Waals surface area contributed by atoms with Gasteiger partial charge in [0.25, 0.3) is 0 Å². The van der Waals surface area contributed by atoms with E-state index >= 15 is 0 Å². The zero-order valence-corrected chi connectivity index (χ0v) is 12.7. The predicted molar refractivity (Wildman–Crippen MR) is 92.1 cm³/mol. The molecule has 1 aliphatic rings. The molecule has 4 unspecified atom stereocenters. The minimum absolute atomic E-state index is 0.511. The van der Waals surface area contributed by atoms with Crippen LogP contribution in [0.2, 0.25) is 0 Å². The molecule has 0 amide bonds. The first-order chi connectivity index (χ1) is 11.6. The number of benzene rings is 4. The molecule has 0 fully saturated rings. The standard InChI is InChI=1S/C20H16O4/c21-17-15-11-5-1-3-9-7-8-10-4-2-6-12(14(10)13(9)11)16(15)18(22)20(24)19(17)23/h1-8,17-24H. The van der Waals surface area contributed by atoms with Crippen LogP contribution in [0.4, 0.5) is 0 Å². The molecule has 120 valence electrons. The van der Waals surface area contributed by atoms with Gasteiger partial charge in [-0.2, -0.15) is 0 Å². The SMILES string of the molecule is OC1c2c(c3cccc4ccc5cccc2c5c43)C(O)C(O)C1O. The van der Waals surface area contributed by atoms with Gasteiger partial charge in [0.1, 0.15) is 24.4 Å². The fourth-order valence-electron chi connectivity index (χ4n) is 4.25. The highest BCUT2D eigenvalue weighted by atomic mass is 16.4. The number of rotatable bonds is 0. The van der Waals surface area contributed by atoms with Gasteiger partial charge in [-0.3, -0.25) is 0 Å². The normalized spacial score (nSPS) is 27.2. The molecule has 0 heterocycles. The third kappa shape index (κ3) is 1.56. The third-order valence-electron chi connectivity index (χ3n) is 5.34. The first-order valence-electron chi connectivity index (χ1n) is 8.01. The van der Waals surface area contributed by atoms with Gasteiger partial charge in [0.05, 0.1) is 0 Å². The van der Waals surface area contributed by atoms with Gasteiger partial charge in [0, 0.05) is 0 Å². The smallest absolute Gasteiger partial charge is 0.113 e. The van der Waals surface area contributed by atoms with Gasteiger partial charge in [-0.1, -0.05) is 48.5 Å². The summed E-state index contributed by atoms with van der Waals surface area (Å²) in [6, 6.07) is 15.7. The van der Waals surface area contributed by atoms with Crippen LogP contribution in [0.5, 0.6) is 0 Å². The molecule has 4 aromatic carbocycles. The molecular weight excluding hydrogens is 304 g/mol. The van der Waals surface area contributed by atoms with Gasteiger partial charge in [0.2, 0.25) is 0 Å². The van der Waals surface area contributed by atoms with E-state index in [1.165, 1.54) is 0 Å². The van der Waals surface area contributed by atoms with Gasteiger partial charge < -0.3 is 20.4 Å². The van der Waals surface area contributed by atoms with Gasteiger partial charge >= 0.3 is 0 Å². The Balaban J connectivity index is 2.11. The second-order valence-electron chi connectivity index (χ2n) is 6.57. The molecule has 5 rings (SSSR count). The minimum Gasteiger partial charge on any atom is -0.387 e. The largest absolute Gasteiger partial charge is 0.387 e. The summed E-state index contributed by atoms with van der Waals surface area (Å²) in [5.41, 5.74) is 1.02. The fraction of sp³-hybridized carbons (Fsp3) is 0.200. The van der Waals surface area contributed by atoms with Gasteiger partial charge in [-0.25, -0.2) is 0 Å². The molecule has 0 spiro atoms. The molecule has 0 bridgehead atoms. The number of hydrogen-bond acceptors (Lipinski definition) is 4. The molecule has 0 radical (unpaired) electrons. The van der Waals surface area contributed by atoms with E-state index < -0.39 is 24.4 Å². The summed E-state index contributed by atoms with van der Waals surface area (Å²) in [5, 5.41) is 47.3. The van der Waals surface area contributed by atoms with Crippen LogP contribution in [0.25, 0.3) is 32.3 Å². The quantitative estimate of drug-likeness (QED) is 0.375. The van der Waals surface area contributed by atoms with Crippen molar-refractivity contribution < 1.29 is 20.4 Å². The van der Waals surface area contributed by atoms with Crippen LogP contribution in [0.1, 0.15) is 23.3 Å². The van der Waals surface area contributed by atoms with Crippen LogP contribution >= 0.6 is 0 Å². The molecule has 0 aromatic heterocycles. The second kappa shape index (κ2) is 4.65. The van der Waals surface area contributed by atoms with Crippen molar-refractivity contribution in [2.75, 3.05) is 0 Å². The van der Waals surface area contributed by atoms with E-state index in [0.29, 0.717) is 11.1 Å². The van der Waals surface area contributed by atoms with Crippen molar-refractivity contribution in [2.45, 2.75) is 24.4 Å². The van der Waals surface area contributed by atoms with Crippen molar-refractivity contribution in [1.29, 1.82) is 0 Å². The van der Waals surface area contributed by atoms with Crippen molar-refractivity contribution in [3.8, 4) is 0 Å². The van der Waals surface area contributed by atoms with Crippen molar-refractivity contribution in [1.82, 2.24) is 0 Å². The van der Waals surface area contributed by atoms with Crippen LogP contribution in [-0.2, 0) is 0 Å². The summed E-state index contributed by atoms with van der Waals surface area (Å²) in [5.74, 6) is 0.